The molecule has 0 aromatic carbocycles. The van der Waals surface area contributed by atoms with E-state index in [1.54, 1.807) is 0 Å². The number of amides is 1. The molecule has 0 aromatic heterocycles. The number of hydrogen-bond acceptors (Lipinski definition) is 4. The molecule has 6 heteroatoms. The summed E-state index contributed by atoms with van der Waals surface area (Å²) in [7, 11) is -2.91. The minimum atomic E-state index is -2.91. The van der Waals surface area contributed by atoms with Gasteiger partial charge in [0, 0.05) is 19.6 Å². The highest BCUT2D eigenvalue weighted by Crippen LogP contribution is 2.19. The Morgan fingerprint density at radius 2 is 2.00 bits per heavy atom. The fourth-order valence-electron chi connectivity index (χ4n) is 2.69. The largest absolute Gasteiger partial charge is 0.341 e. The van der Waals surface area contributed by atoms with Gasteiger partial charge in [-0.15, -0.1) is 0 Å². The predicted octanol–water partition coefficient (Wildman–Crippen LogP) is 0.164. The molecule has 1 N–H and O–H groups in total. The van der Waals surface area contributed by atoms with Crippen molar-refractivity contribution in [2.45, 2.75) is 43.9 Å². The zero-order valence-corrected chi connectivity index (χ0v) is 11.7. The zero-order valence-electron chi connectivity index (χ0n) is 10.9. The topological polar surface area (TPSA) is 66.5 Å². The second-order valence-corrected chi connectivity index (χ2v) is 7.69. The zero-order chi connectivity index (χ0) is 13.2. The molecule has 0 radical (unpaired) electrons. The Morgan fingerprint density at radius 3 is 2.56 bits per heavy atom. The minimum Gasteiger partial charge on any atom is -0.341 e. The number of carbonyl (C=O) groups is 1. The molecule has 2 unspecified atom stereocenters. The van der Waals surface area contributed by atoms with Gasteiger partial charge >= 0.3 is 0 Å². The smallest absolute Gasteiger partial charge is 0.239 e. The molecular formula is C12H22N2O3S. The molecule has 0 bridgehead atoms. The van der Waals surface area contributed by atoms with Crippen LogP contribution in [0.15, 0.2) is 0 Å². The molecular weight excluding hydrogens is 252 g/mol. The van der Waals surface area contributed by atoms with Crippen LogP contribution in [0, 0.1) is 0 Å². The lowest BCUT2D eigenvalue weighted by Crippen LogP contribution is -2.46. The minimum absolute atomic E-state index is 0.0999. The van der Waals surface area contributed by atoms with Crippen LogP contribution in [0.3, 0.4) is 0 Å². The molecule has 1 amide bonds. The third kappa shape index (κ3) is 3.03. The highest BCUT2D eigenvalue weighted by Gasteiger charge is 2.32. The average Bonchev–Trinajstić information content (AvgIpc) is 2.94. The van der Waals surface area contributed by atoms with Gasteiger partial charge in [-0.25, -0.2) is 8.42 Å². The van der Waals surface area contributed by atoms with Gasteiger partial charge in [0.15, 0.2) is 9.84 Å². The Kier molecular flexibility index (Phi) is 4.27. The van der Waals surface area contributed by atoms with Gasteiger partial charge in [0.1, 0.15) is 0 Å². The lowest BCUT2D eigenvalue weighted by Gasteiger charge is -2.22. The molecule has 2 atom stereocenters. The Labute approximate surface area is 109 Å². The summed E-state index contributed by atoms with van der Waals surface area (Å²) in [5.74, 6) is 0.399. The molecule has 2 fully saturated rings. The van der Waals surface area contributed by atoms with Crippen LogP contribution in [0.4, 0.5) is 0 Å². The summed E-state index contributed by atoms with van der Waals surface area (Å²) < 4.78 is 23.3. The SMILES string of the molecule is CC(NCC1CCCS1(=O)=O)C(=O)N1CCCC1. The first-order chi connectivity index (χ1) is 8.50. The van der Waals surface area contributed by atoms with E-state index in [0.29, 0.717) is 12.3 Å². The van der Waals surface area contributed by atoms with Gasteiger partial charge in [0.25, 0.3) is 0 Å². The van der Waals surface area contributed by atoms with Crippen LogP contribution in [-0.2, 0) is 14.6 Å². The summed E-state index contributed by atoms with van der Waals surface area (Å²) in [4.78, 5) is 13.9. The second kappa shape index (κ2) is 5.57. The number of likely N-dealkylation sites (tertiary alicyclic amines) is 1. The quantitative estimate of drug-likeness (QED) is 0.793. The van der Waals surface area contributed by atoms with E-state index in [4.69, 9.17) is 0 Å². The average molecular weight is 274 g/mol. The molecule has 2 aliphatic heterocycles. The van der Waals surface area contributed by atoms with Crippen molar-refractivity contribution in [3.8, 4) is 0 Å². The molecule has 18 heavy (non-hydrogen) atoms. The van der Waals surface area contributed by atoms with Gasteiger partial charge < -0.3 is 10.2 Å². The highest BCUT2D eigenvalue weighted by atomic mass is 32.2. The number of sulfone groups is 1. The van der Waals surface area contributed by atoms with Gasteiger partial charge in [-0.3, -0.25) is 4.79 Å². The van der Waals surface area contributed by atoms with Crippen molar-refractivity contribution in [3.05, 3.63) is 0 Å². The van der Waals surface area contributed by atoms with Crippen molar-refractivity contribution < 1.29 is 13.2 Å². The van der Waals surface area contributed by atoms with Crippen LogP contribution in [-0.4, -0.2) is 55.9 Å². The van der Waals surface area contributed by atoms with E-state index < -0.39 is 9.84 Å². The van der Waals surface area contributed by atoms with Gasteiger partial charge in [-0.1, -0.05) is 0 Å². The van der Waals surface area contributed by atoms with E-state index in [1.807, 2.05) is 11.8 Å². The van der Waals surface area contributed by atoms with Crippen molar-refractivity contribution in [1.82, 2.24) is 10.2 Å². The van der Waals surface area contributed by atoms with Gasteiger partial charge in [-0.05, 0) is 32.6 Å². The molecule has 0 aliphatic carbocycles. The van der Waals surface area contributed by atoms with E-state index >= 15 is 0 Å². The summed E-state index contributed by atoms with van der Waals surface area (Å²) >= 11 is 0. The fourth-order valence-corrected chi connectivity index (χ4v) is 4.47. The molecule has 0 aromatic rings. The maximum Gasteiger partial charge on any atom is 0.239 e. The summed E-state index contributed by atoms with van der Waals surface area (Å²) in [6, 6.07) is -0.279. The Bertz CT molecular complexity index is 402. The van der Waals surface area contributed by atoms with Crippen LogP contribution >= 0.6 is 0 Å². The van der Waals surface area contributed by atoms with E-state index in [0.717, 1.165) is 38.8 Å². The molecule has 0 spiro atoms. The fraction of sp³-hybridized carbons (Fsp3) is 0.917. The molecule has 2 aliphatic rings. The lowest BCUT2D eigenvalue weighted by molar-refractivity contribution is -0.131. The summed E-state index contributed by atoms with van der Waals surface area (Å²) in [6.07, 6.45) is 3.63. The van der Waals surface area contributed by atoms with Crippen molar-refractivity contribution >= 4 is 15.7 Å². The number of carbonyl (C=O) groups excluding carboxylic acids is 1. The van der Waals surface area contributed by atoms with E-state index in [-0.39, 0.29) is 17.2 Å². The molecule has 0 saturated carbocycles. The third-order valence-electron chi connectivity index (χ3n) is 3.90. The lowest BCUT2D eigenvalue weighted by atomic mass is 10.2. The predicted molar refractivity (Wildman–Crippen MR) is 70.1 cm³/mol. The monoisotopic (exact) mass is 274 g/mol. The number of nitrogens with one attached hydrogen (secondary N) is 1. The summed E-state index contributed by atoms with van der Waals surface area (Å²) in [5.41, 5.74) is 0. The van der Waals surface area contributed by atoms with E-state index in [2.05, 4.69) is 5.32 Å². The van der Waals surface area contributed by atoms with Gasteiger partial charge in [-0.2, -0.15) is 0 Å². The van der Waals surface area contributed by atoms with Crippen LogP contribution in [0.25, 0.3) is 0 Å². The molecule has 2 heterocycles. The number of nitrogens with zero attached hydrogens (tertiary/aromatic N) is 1. The van der Waals surface area contributed by atoms with Crippen LogP contribution in [0.2, 0.25) is 0 Å². The summed E-state index contributed by atoms with van der Waals surface area (Å²) in [6.45, 7) is 3.91. The Hall–Kier alpha value is -0.620. The standard InChI is InChI=1S/C12H22N2O3S/c1-10(12(15)14-6-2-3-7-14)13-9-11-5-4-8-18(11,16)17/h10-11,13H,2-9H2,1H3. The molecule has 2 saturated heterocycles. The molecule has 2 rings (SSSR count). The van der Waals surface area contributed by atoms with Crippen LogP contribution in [0.1, 0.15) is 32.6 Å². The van der Waals surface area contributed by atoms with E-state index in [9.17, 15) is 13.2 Å². The first-order valence-corrected chi connectivity index (χ1v) is 8.46. The van der Waals surface area contributed by atoms with Crippen molar-refractivity contribution in [1.29, 1.82) is 0 Å². The second-order valence-electron chi connectivity index (χ2n) is 5.29. The van der Waals surface area contributed by atoms with Crippen molar-refractivity contribution in [2.24, 2.45) is 0 Å². The molecule has 104 valence electrons. The number of hydrogen-bond donors (Lipinski definition) is 1. The van der Waals surface area contributed by atoms with Crippen molar-refractivity contribution in [3.63, 3.8) is 0 Å². The Balaban J connectivity index is 1.81. The van der Waals surface area contributed by atoms with Crippen LogP contribution in [0.5, 0.6) is 0 Å². The maximum atomic E-state index is 12.0. The third-order valence-corrected chi connectivity index (χ3v) is 6.18. The van der Waals surface area contributed by atoms with Crippen molar-refractivity contribution in [2.75, 3.05) is 25.4 Å². The summed E-state index contributed by atoms with van der Waals surface area (Å²) in [5, 5.41) is 2.79. The normalized spacial score (nSPS) is 28.5. The first kappa shape index (κ1) is 13.8. The van der Waals surface area contributed by atoms with Gasteiger partial charge in [0.2, 0.25) is 5.91 Å². The first-order valence-electron chi connectivity index (χ1n) is 6.74. The number of rotatable bonds is 4. The maximum absolute atomic E-state index is 12.0. The highest BCUT2D eigenvalue weighted by molar-refractivity contribution is 7.92. The van der Waals surface area contributed by atoms with E-state index in [1.165, 1.54) is 0 Å². The van der Waals surface area contributed by atoms with Crippen LogP contribution < -0.4 is 5.32 Å². The van der Waals surface area contributed by atoms with Gasteiger partial charge in [0.05, 0.1) is 17.0 Å². The molecule has 5 nitrogen and oxygen atoms in total. The Morgan fingerprint density at radius 1 is 1.33 bits per heavy atom.